The van der Waals surface area contributed by atoms with E-state index in [1.165, 1.54) is 11.1 Å². The molecule has 1 aliphatic heterocycles. The smallest absolute Gasteiger partial charge is 0.263 e. The van der Waals surface area contributed by atoms with Crippen LogP contribution in [0.5, 0.6) is 0 Å². The van der Waals surface area contributed by atoms with Crippen LogP contribution in [0.25, 0.3) is 16.7 Å². The second-order valence-corrected chi connectivity index (χ2v) is 11.8. The molecule has 1 fully saturated rings. The highest BCUT2D eigenvalue weighted by atomic mass is 16.2. The van der Waals surface area contributed by atoms with Gasteiger partial charge in [-0.3, -0.25) is 23.5 Å². The second-order valence-electron chi connectivity index (χ2n) is 11.8. The van der Waals surface area contributed by atoms with Gasteiger partial charge in [-0.05, 0) is 35.7 Å². The summed E-state index contributed by atoms with van der Waals surface area (Å²) < 4.78 is 3.63. The summed E-state index contributed by atoms with van der Waals surface area (Å²) in [5.41, 5.74) is 5.35. The average molecular weight is 597 g/mol. The Labute approximate surface area is 262 Å². The van der Waals surface area contributed by atoms with Gasteiger partial charge in [0.25, 0.3) is 5.56 Å². The monoisotopic (exact) mass is 596 g/mol. The van der Waals surface area contributed by atoms with Crippen LogP contribution in [0.3, 0.4) is 0 Å². The van der Waals surface area contributed by atoms with E-state index in [4.69, 9.17) is 0 Å². The van der Waals surface area contributed by atoms with Crippen LogP contribution in [0.15, 0.2) is 114 Å². The van der Waals surface area contributed by atoms with Gasteiger partial charge in [-0.25, -0.2) is 0 Å². The molecular formula is C37H36N6O2. The van der Waals surface area contributed by atoms with Gasteiger partial charge in [-0.15, -0.1) is 10.2 Å². The van der Waals surface area contributed by atoms with Crippen molar-refractivity contribution in [1.82, 2.24) is 29.0 Å². The molecule has 0 spiro atoms. The molecule has 6 aromatic rings. The largest absolute Gasteiger partial charge is 0.340 e. The minimum absolute atomic E-state index is 0.101. The minimum atomic E-state index is -0.101. The molecule has 1 aliphatic rings. The maximum atomic E-state index is 13.6. The first-order valence-electron chi connectivity index (χ1n) is 15.6. The summed E-state index contributed by atoms with van der Waals surface area (Å²) in [6, 6.07) is 37.0. The molecule has 8 nitrogen and oxygen atoms in total. The third-order valence-corrected chi connectivity index (χ3v) is 8.86. The van der Waals surface area contributed by atoms with E-state index in [1.807, 2.05) is 76.9 Å². The lowest BCUT2D eigenvalue weighted by Gasteiger charge is -2.39. The lowest BCUT2D eigenvalue weighted by molar-refractivity contribution is -0.133. The van der Waals surface area contributed by atoms with Gasteiger partial charge < -0.3 is 4.90 Å². The van der Waals surface area contributed by atoms with E-state index < -0.39 is 0 Å². The van der Waals surface area contributed by atoms with Crippen molar-refractivity contribution in [2.75, 3.05) is 26.2 Å². The minimum Gasteiger partial charge on any atom is -0.340 e. The van der Waals surface area contributed by atoms with E-state index in [0.29, 0.717) is 49.5 Å². The number of aryl methyl sites for hydroxylation is 2. The van der Waals surface area contributed by atoms with Crippen molar-refractivity contribution in [1.29, 1.82) is 0 Å². The standard InChI is InChI=1S/C37H36N6O2/c1-27-16-18-28(19-17-27)26-42-36(45)31-14-8-9-15-32(31)43-33(38-39-37(42)43)20-21-34(44)40-22-24-41(25-23-40)35(29-10-4-2-5-11-29)30-12-6-3-7-13-30/h2-19,35H,20-26H2,1H3. The van der Waals surface area contributed by atoms with Gasteiger partial charge >= 0.3 is 0 Å². The molecule has 0 saturated carbocycles. The van der Waals surface area contributed by atoms with Crippen LogP contribution < -0.4 is 5.56 Å². The quantitative estimate of drug-likeness (QED) is 0.240. The summed E-state index contributed by atoms with van der Waals surface area (Å²) in [4.78, 5) is 31.5. The number of benzene rings is 4. The molecule has 45 heavy (non-hydrogen) atoms. The summed E-state index contributed by atoms with van der Waals surface area (Å²) in [6.45, 7) is 5.38. The number of hydrogen-bond donors (Lipinski definition) is 0. The average Bonchev–Trinajstić information content (AvgIpc) is 3.52. The van der Waals surface area contributed by atoms with Crippen LogP contribution in [-0.2, 0) is 17.8 Å². The van der Waals surface area contributed by atoms with E-state index in [9.17, 15) is 9.59 Å². The Kier molecular flexibility index (Phi) is 7.96. The SMILES string of the molecule is Cc1ccc(Cn2c(=O)c3ccccc3n3c(CCC(=O)N4CCN(C(c5ccccc5)c5ccccc5)CC4)nnc23)cc1. The van der Waals surface area contributed by atoms with Crippen LogP contribution in [0, 0.1) is 6.92 Å². The van der Waals surface area contributed by atoms with E-state index in [0.717, 1.165) is 29.7 Å². The predicted octanol–water partition coefficient (Wildman–Crippen LogP) is 5.27. The number of piperazine rings is 1. The molecule has 0 atom stereocenters. The molecule has 226 valence electrons. The molecule has 7 rings (SSSR count). The molecule has 1 amide bonds. The Hall–Kier alpha value is -5.08. The van der Waals surface area contributed by atoms with Gasteiger partial charge in [0, 0.05) is 39.0 Å². The third kappa shape index (κ3) is 5.77. The molecule has 0 unspecified atom stereocenters. The first kappa shape index (κ1) is 28.7. The lowest BCUT2D eigenvalue weighted by Crippen LogP contribution is -2.49. The Morgan fingerprint density at radius 1 is 0.756 bits per heavy atom. The van der Waals surface area contributed by atoms with Crippen molar-refractivity contribution >= 4 is 22.6 Å². The highest BCUT2D eigenvalue weighted by Crippen LogP contribution is 2.29. The maximum Gasteiger partial charge on any atom is 0.263 e. The Balaban J connectivity index is 1.09. The van der Waals surface area contributed by atoms with Gasteiger partial charge in [-0.2, -0.15) is 0 Å². The molecule has 0 N–H and O–H groups in total. The van der Waals surface area contributed by atoms with Crippen LogP contribution in [0.1, 0.15) is 40.5 Å². The van der Waals surface area contributed by atoms with Gasteiger partial charge in [0.05, 0.1) is 23.5 Å². The number of carbonyl (C=O) groups is 1. The predicted molar refractivity (Wildman–Crippen MR) is 176 cm³/mol. The summed E-state index contributed by atoms with van der Waals surface area (Å²) in [5.74, 6) is 1.28. The summed E-state index contributed by atoms with van der Waals surface area (Å²) >= 11 is 0. The first-order chi connectivity index (χ1) is 22.1. The number of carbonyl (C=O) groups excluding carboxylic acids is 1. The molecule has 8 heteroatoms. The second kappa shape index (κ2) is 12.5. The zero-order valence-corrected chi connectivity index (χ0v) is 25.4. The first-order valence-corrected chi connectivity index (χ1v) is 15.6. The normalized spacial score (nSPS) is 14.0. The number of aromatic nitrogens is 4. The van der Waals surface area contributed by atoms with Crippen LogP contribution in [0.2, 0.25) is 0 Å². The summed E-state index contributed by atoms with van der Waals surface area (Å²) in [5, 5.41) is 9.57. The van der Waals surface area contributed by atoms with Gasteiger partial charge in [0.2, 0.25) is 11.7 Å². The van der Waals surface area contributed by atoms with Crippen molar-refractivity contribution in [2.45, 2.75) is 32.4 Å². The van der Waals surface area contributed by atoms with E-state index in [-0.39, 0.29) is 17.5 Å². The number of rotatable bonds is 8. The maximum absolute atomic E-state index is 13.6. The third-order valence-electron chi connectivity index (χ3n) is 8.86. The number of hydrogen-bond acceptors (Lipinski definition) is 5. The van der Waals surface area contributed by atoms with Crippen LogP contribution >= 0.6 is 0 Å². The molecular weight excluding hydrogens is 560 g/mol. The Bertz CT molecular complexity index is 1950. The van der Waals surface area contributed by atoms with E-state index >= 15 is 0 Å². The number of para-hydroxylation sites is 1. The molecule has 1 saturated heterocycles. The van der Waals surface area contributed by atoms with Crippen molar-refractivity contribution < 1.29 is 4.79 Å². The van der Waals surface area contributed by atoms with Gasteiger partial charge in [0.1, 0.15) is 5.82 Å². The van der Waals surface area contributed by atoms with Crippen molar-refractivity contribution in [2.24, 2.45) is 0 Å². The van der Waals surface area contributed by atoms with Gasteiger partial charge in [-0.1, -0.05) is 103 Å². The topological polar surface area (TPSA) is 75.7 Å². The number of amides is 1. The summed E-state index contributed by atoms with van der Waals surface area (Å²) in [6.07, 6.45) is 0.761. The number of fused-ring (bicyclic) bond motifs is 3. The molecule has 0 radical (unpaired) electrons. The van der Waals surface area contributed by atoms with E-state index in [2.05, 4.69) is 63.6 Å². The van der Waals surface area contributed by atoms with Crippen molar-refractivity contribution in [3.63, 3.8) is 0 Å². The molecule has 0 bridgehead atoms. The highest BCUT2D eigenvalue weighted by Gasteiger charge is 2.28. The van der Waals surface area contributed by atoms with Crippen molar-refractivity contribution in [3.05, 3.63) is 148 Å². The molecule has 2 aromatic heterocycles. The lowest BCUT2D eigenvalue weighted by atomic mass is 9.96. The van der Waals surface area contributed by atoms with Crippen LogP contribution in [0.4, 0.5) is 0 Å². The zero-order valence-electron chi connectivity index (χ0n) is 25.4. The highest BCUT2D eigenvalue weighted by molar-refractivity contribution is 5.80. The molecule has 0 aliphatic carbocycles. The fraction of sp³-hybridized carbons (Fsp3) is 0.243. The van der Waals surface area contributed by atoms with Crippen molar-refractivity contribution in [3.8, 4) is 0 Å². The zero-order chi connectivity index (χ0) is 30.8. The van der Waals surface area contributed by atoms with Crippen LogP contribution in [-0.4, -0.2) is 61.1 Å². The molecule has 4 aromatic carbocycles. The fourth-order valence-corrected chi connectivity index (χ4v) is 6.49. The fourth-order valence-electron chi connectivity index (χ4n) is 6.49. The Morgan fingerprint density at radius 2 is 1.38 bits per heavy atom. The summed E-state index contributed by atoms with van der Waals surface area (Å²) in [7, 11) is 0. The van der Waals surface area contributed by atoms with Gasteiger partial charge in [0.15, 0.2) is 0 Å². The Morgan fingerprint density at radius 3 is 2.04 bits per heavy atom. The van der Waals surface area contributed by atoms with E-state index in [1.54, 1.807) is 4.57 Å². The number of nitrogens with zero attached hydrogens (tertiary/aromatic N) is 6. The molecule has 3 heterocycles.